The number of aromatic nitrogens is 2. The Morgan fingerprint density at radius 1 is 1.18 bits per heavy atom. The van der Waals surface area contributed by atoms with Gasteiger partial charge in [-0.3, -0.25) is 0 Å². The number of carbonyl (C=O) groups excluding carboxylic acids is 1. The van der Waals surface area contributed by atoms with Crippen LogP contribution in [0, 0.1) is 0 Å². The SMILES string of the molecule is C[C@@H](CC(F)(F)F)NC(=O)O[C@@H]1CC[C@H](c2cnc(Nc3ccc(S(C)(=O)=O)cc3)nc2)C1. The molecule has 1 saturated carbocycles. The molecule has 1 aliphatic rings. The van der Waals surface area contributed by atoms with Gasteiger partial charge in [-0.1, -0.05) is 0 Å². The second-order valence-electron chi connectivity index (χ2n) is 8.16. The van der Waals surface area contributed by atoms with E-state index in [-0.39, 0.29) is 16.9 Å². The quantitative estimate of drug-likeness (QED) is 0.599. The van der Waals surface area contributed by atoms with E-state index in [9.17, 15) is 26.4 Å². The summed E-state index contributed by atoms with van der Waals surface area (Å²) in [6.07, 6.45) is -0.384. The van der Waals surface area contributed by atoms with E-state index >= 15 is 0 Å². The number of nitrogens with one attached hydrogen (secondary N) is 2. The van der Waals surface area contributed by atoms with Crippen molar-refractivity contribution < 1.29 is 31.1 Å². The van der Waals surface area contributed by atoms with Crippen LogP contribution in [0.2, 0.25) is 0 Å². The van der Waals surface area contributed by atoms with Crippen LogP contribution in [-0.4, -0.2) is 49.1 Å². The highest BCUT2D eigenvalue weighted by Crippen LogP contribution is 2.35. The van der Waals surface area contributed by atoms with Crippen molar-refractivity contribution in [1.29, 1.82) is 0 Å². The lowest BCUT2D eigenvalue weighted by atomic mass is 10.0. The van der Waals surface area contributed by atoms with Crippen LogP contribution in [0.4, 0.5) is 29.6 Å². The van der Waals surface area contributed by atoms with E-state index in [1.165, 1.54) is 19.1 Å². The molecule has 1 aliphatic carbocycles. The smallest absolute Gasteiger partial charge is 0.407 e. The first kappa shape index (κ1) is 24.7. The van der Waals surface area contributed by atoms with Gasteiger partial charge < -0.3 is 15.4 Å². The van der Waals surface area contributed by atoms with Crippen LogP contribution in [-0.2, 0) is 14.6 Å². The average Bonchev–Trinajstić information content (AvgIpc) is 3.15. The first-order valence-electron chi connectivity index (χ1n) is 10.3. The molecule has 1 heterocycles. The molecule has 3 rings (SSSR count). The third-order valence-corrected chi connectivity index (χ3v) is 6.37. The number of hydrogen-bond donors (Lipinski definition) is 2. The predicted octanol–water partition coefficient (Wildman–Crippen LogP) is 4.33. The standard InChI is InChI=1S/C21H25F3N4O4S/c1-13(10-21(22,23)24)27-20(29)32-17-6-3-14(9-17)15-11-25-19(26-12-15)28-16-4-7-18(8-5-16)33(2,30)31/h4-5,7-8,11-14,17H,3,6,9-10H2,1-2H3,(H,27,29)(H,25,26,28)/t13-,14-,17+/m0/s1. The minimum Gasteiger partial charge on any atom is -0.446 e. The maximum absolute atomic E-state index is 12.4. The van der Waals surface area contributed by atoms with E-state index < -0.39 is 34.6 Å². The van der Waals surface area contributed by atoms with Gasteiger partial charge in [-0.25, -0.2) is 23.2 Å². The minimum absolute atomic E-state index is 0.0680. The van der Waals surface area contributed by atoms with Gasteiger partial charge in [-0.2, -0.15) is 13.2 Å². The lowest BCUT2D eigenvalue weighted by molar-refractivity contribution is -0.138. The van der Waals surface area contributed by atoms with E-state index in [4.69, 9.17) is 4.74 Å². The van der Waals surface area contributed by atoms with Crippen molar-refractivity contribution in [3.63, 3.8) is 0 Å². The molecule has 33 heavy (non-hydrogen) atoms. The molecule has 2 N–H and O–H groups in total. The molecule has 180 valence electrons. The molecular formula is C21H25F3N4O4S. The molecule has 8 nitrogen and oxygen atoms in total. The number of sulfone groups is 1. The minimum atomic E-state index is -4.36. The molecule has 0 spiro atoms. The van der Waals surface area contributed by atoms with Gasteiger partial charge in [0, 0.05) is 30.4 Å². The van der Waals surface area contributed by atoms with Gasteiger partial charge >= 0.3 is 12.3 Å². The van der Waals surface area contributed by atoms with Crippen molar-refractivity contribution in [1.82, 2.24) is 15.3 Å². The van der Waals surface area contributed by atoms with Gasteiger partial charge in [0.25, 0.3) is 0 Å². The summed E-state index contributed by atoms with van der Waals surface area (Å²) in [5, 5.41) is 5.21. The number of amides is 1. The van der Waals surface area contributed by atoms with Crippen LogP contribution in [0.15, 0.2) is 41.6 Å². The molecule has 0 saturated heterocycles. The fourth-order valence-corrected chi connectivity index (χ4v) is 4.29. The van der Waals surface area contributed by atoms with E-state index in [1.54, 1.807) is 24.5 Å². The molecule has 1 aromatic heterocycles. The highest BCUT2D eigenvalue weighted by atomic mass is 32.2. The zero-order valence-corrected chi connectivity index (χ0v) is 18.9. The number of hydrogen-bond acceptors (Lipinski definition) is 7. The Balaban J connectivity index is 1.50. The highest BCUT2D eigenvalue weighted by molar-refractivity contribution is 7.90. The molecule has 12 heteroatoms. The summed E-state index contributed by atoms with van der Waals surface area (Å²) < 4.78 is 65.5. The van der Waals surface area contributed by atoms with Crippen LogP contribution in [0.1, 0.15) is 44.1 Å². The maximum Gasteiger partial charge on any atom is 0.407 e. The summed E-state index contributed by atoms with van der Waals surface area (Å²) in [5.74, 6) is 0.410. The number of alkyl halides is 3. The Morgan fingerprint density at radius 3 is 2.39 bits per heavy atom. The summed E-state index contributed by atoms with van der Waals surface area (Å²) in [6, 6.07) is 5.15. The van der Waals surface area contributed by atoms with E-state index in [0.717, 1.165) is 18.2 Å². The summed E-state index contributed by atoms with van der Waals surface area (Å²) in [6.45, 7) is 1.28. The number of ether oxygens (including phenoxy) is 1. The molecule has 1 aromatic carbocycles. The molecule has 0 bridgehead atoms. The Morgan fingerprint density at radius 2 is 1.82 bits per heavy atom. The monoisotopic (exact) mass is 486 g/mol. The Kier molecular flexibility index (Phi) is 7.45. The normalized spacial score (nSPS) is 19.7. The van der Waals surface area contributed by atoms with E-state index in [1.807, 2.05) is 0 Å². The topological polar surface area (TPSA) is 110 Å². The Labute approximate surface area is 189 Å². The summed E-state index contributed by atoms with van der Waals surface area (Å²) in [7, 11) is -3.27. The molecule has 1 amide bonds. The summed E-state index contributed by atoms with van der Waals surface area (Å²) in [4.78, 5) is 20.6. The number of halogens is 3. The maximum atomic E-state index is 12.4. The lowest BCUT2D eigenvalue weighted by Crippen LogP contribution is -2.37. The molecule has 2 aromatic rings. The van der Waals surface area contributed by atoms with Crippen LogP contribution in [0.25, 0.3) is 0 Å². The largest absolute Gasteiger partial charge is 0.446 e. The first-order valence-corrected chi connectivity index (χ1v) is 12.2. The fraction of sp³-hybridized carbons (Fsp3) is 0.476. The molecular weight excluding hydrogens is 461 g/mol. The number of anilines is 2. The number of rotatable bonds is 7. The molecule has 0 unspecified atom stereocenters. The fourth-order valence-electron chi connectivity index (χ4n) is 3.66. The van der Waals surface area contributed by atoms with E-state index in [2.05, 4.69) is 20.6 Å². The first-order chi connectivity index (χ1) is 15.4. The van der Waals surface area contributed by atoms with Gasteiger partial charge in [0.05, 0.1) is 11.3 Å². The lowest BCUT2D eigenvalue weighted by Gasteiger charge is -2.18. The van der Waals surface area contributed by atoms with Crippen LogP contribution < -0.4 is 10.6 Å². The Hall–Kier alpha value is -2.89. The van der Waals surface area contributed by atoms with Gasteiger partial charge in [-0.15, -0.1) is 0 Å². The molecule has 0 aliphatic heterocycles. The predicted molar refractivity (Wildman–Crippen MR) is 115 cm³/mol. The van der Waals surface area contributed by atoms with Crippen molar-refractivity contribution in [2.24, 2.45) is 0 Å². The number of nitrogens with zero attached hydrogens (tertiary/aromatic N) is 2. The molecule has 1 fully saturated rings. The van der Waals surface area contributed by atoms with Crippen molar-refractivity contribution in [3.05, 3.63) is 42.2 Å². The number of benzene rings is 1. The van der Waals surface area contributed by atoms with Crippen molar-refractivity contribution >= 4 is 27.6 Å². The molecule has 3 atom stereocenters. The van der Waals surface area contributed by atoms with Gasteiger partial charge in [0.1, 0.15) is 6.10 Å². The number of alkyl carbamates (subject to hydrolysis) is 1. The summed E-state index contributed by atoms with van der Waals surface area (Å²) in [5.41, 5.74) is 1.50. The van der Waals surface area contributed by atoms with Crippen molar-refractivity contribution in [2.45, 2.75) is 61.7 Å². The van der Waals surface area contributed by atoms with Gasteiger partial charge in [0.15, 0.2) is 9.84 Å². The molecule has 0 radical (unpaired) electrons. The van der Waals surface area contributed by atoms with Crippen LogP contribution >= 0.6 is 0 Å². The third-order valence-electron chi connectivity index (χ3n) is 5.24. The van der Waals surface area contributed by atoms with Crippen molar-refractivity contribution in [3.8, 4) is 0 Å². The average molecular weight is 487 g/mol. The van der Waals surface area contributed by atoms with Crippen LogP contribution in [0.5, 0.6) is 0 Å². The zero-order valence-electron chi connectivity index (χ0n) is 18.1. The van der Waals surface area contributed by atoms with Gasteiger partial charge in [0.2, 0.25) is 5.95 Å². The Bertz CT molecular complexity index is 1060. The third kappa shape index (κ3) is 7.58. The summed E-state index contributed by atoms with van der Waals surface area (Å²) >= 11 is 0. The number of carbonyl (C=O) groups is 1. The second kappa shape index (κ2) is 9.94. The van der Waals surface area contributed by atoms with Gasteiger partial charge in [-0.05, 0) is 61.9 Å². The second-order valence-corrected chi connectivity index (χ2v) is 10.2. The zero-order chi connectivity index (χ0) is 24.2. The van der Waals surface area contributed by atoms with Crippen molar-refractivity contribution in [2.75, 3.05) is 11.6 Å². The highest BCUT2D eigenvalue weighted by Gasteiger charge is 2.32. The van der Waals surface area contributed by atoms with E-state index in [0.29, 0.717) is 24.5 Å². The van der Waals surface area contributed by atoms with Crippen LogP contribution in [0.3, 0.4) is 0 Å².